The molecule has 0 spiro atoms. The van der Waals surface area contributed by atoms with Gasteiger partial charge < -0.3 is 4.90 Å². The largest absolute Gasteiger partial charge is 0.339 e. The van der Waals surface area contributed by atoms with Gasteiger partial charge in [0, 0.05) is 24.0 Å². The molecular weight excluding hydrogens is 464 g/mol. The molecule has 7 heteroatoms. The Kier molecular flexibility index (Phi) is 8.38. The zero-order chi connectivity index (χ0) is 24.1. The van der Waals surface area contributed by atoms with Crippen LogP contribution in [-0.2, 0) is 22.9 Å². The summed E-state index contributed by atoms with van der Waals surface area (Å²) < 4.78 is 29.8. The molecule has 5 nitrogen and oxygen atoms in total. The highest BCUT2D eigenvalue weighted by molar-refractivity contribution is 7.98. The summed E-state index contributed by atoms with van der Waals surface area (Å²) >= 11 is 1.48. The molecule has 1 aliphatic heterocycles. The summed E-state index contributed by atoms with van der Waals surface area (Å²) in [7, 11) is -3.79. The highest BCUT2D eigenvalue weighted by Gasteiger charge is 2.26. The number of carbonyl (C=O) groups excluding carboxylic acids is 1. The van der Waals surface area contributed by atoms with E-state index in [1.54, 1.807) is 18.2 Å². The number of nitrogens with zero attached hydrogens (tertiary/aromatic N) is 1. The maximum Gasteiger partial charge on any atom is 0.255 e. The summed E-state index contributed by atoms with van der Waals surface area (Å²) in [6.07, 6.45) is 11.4. The van der Waals surface area contributed by atoms with Gasteiger partial charge in [-0.1, -0.05) is 38.0 Å². The van der Waals surface area contributed by atoms with E-state index in [1.165, 1.54) is 35.7 Å². The zero-order valence-electron chi connectivity index (χ0n) is 20.3. The quantitative estimate of drug-likeness (QED) is 0.493. The summed E-state index contributed by atoms with van der Waals surface area (Å²) in [5, 5.41) is 0. The lowest BCUT2D eigenvalue weighted by Gasteiger charge is -2.23. The van der Waals surface area contributed by atoms with Gasteiger partial charge in [-0.2, -0.15) is 0 Å². The Balaban J connectivity index is 1.59. The number of rotatable bonds is 7. The number of carbonyl (C=O) groups is 1. The summed E-state index contributed by atoms with van der Waals surface area (Å²) in [4.78, 5) is 16.2. The molecular formula is C27H36N2O3S2. The van der Waals surface area contributed by atoms with E-state index >= 15 is 0 Å². The van der Waals surface area contributed by atoms with Gasteiger partial charge in [-0.05, 0) is 86.1 Å². The van der Waals surface area contributed by atoms with Crippen molar-refractivity contribution in [2.75, 3.05) is 19.3 Å². The second-order valence-electron chi connectivity index (χ2n) is 9.39. The van der Waals surface area contributed by atoms with Crippen LogP contribution in [0.2, 0.25) is 0 Å². The number of hydrogen-bond donors (Lipinski definition) is 1. The molecule has 1 atom stereocenters. The normalized spacial score (nSPS) is 17.6. The Morgan fingerprint density at radius 3 is 2.35 bits per heavy atom. The Morgan fingerprint density at radius 1 is 0.971 bits per heavy atom. The lowest BCUT2D eigenvalue weighted by Crippen LogP contribution is -2.33. The third kappa shape index (κ3) is 5.69. The molecule has 1 saturated heterocycles. The Morgan fingerprint density at radius 2 is 1.68 bits per heavy atom. The minimum Gasteiger partial charge on any atom is -0.339 e. The average Bonchev–Trinajstić information content (AvgIpc) is 3.16. The minimum atomic E-state index is -3.79. The molecule has 2 aromatic carbocycles. The maximum absolute atomic E-state index is 13.4. The van der Waals surface area contributed by atoms with E-state index in [0.29, 0.717) is 12.0 Å². The van der Waals surface area contributed by atoms with E-state index in [0.717, 1.165) is 62.1 Å². The van der Waals surface area contributed by atoms with E-state index in [9.17, 15) is 13.2 Å². The van der Waals surface area contributed by atoms with Crippen molar-refractivity contribution in [2.24, 2.45) is 0 Å². The number of likely N-dealkylation sites (tertiary alicyclic amines) is 1. The van der Waals surface area contributed by atoms with Gasteiger partial charge in [0.2, 0.25) is 10.0 Å². The standard InChI is InChI=1S/C27H36N2O3S2/c1-3-25(22-13-12-20-10-6-7-11-21(20)18-22)28-34(31,32)23-14-15-26(33-2)24(19-23)27(30)29-16-8-4-5-9-17-29/h12-15,18-19,25,28H,3-11,16-17H2,1-2H3. The predicted octanol–water partition coefficient (Wildman–Crippen LogP) is 5.73. The first-order valence-electron chi connectivity index (χ1n) is 12.5. The van der Waals surface area contributed by atoms with Crippen molar-refractivity contribution in [1.29, 1.82) is 0 Å². The van der Waals surface area contributed by atoms with Crippen molar-refractivity contribution >= 4 is 27.7 Å². The molecule has 1 heterocycles. The lowest BCUT2D eigenvalue weighted by atomic mass is 9.89. The van der Waals surface area contributed by atoms with Crippen molar-refractivity contribution in [3.8, 4) is 0 Å². The SMILES string of the molecule is CCC(NS(=O)(=O)c1ccc(SC)c(C(=O)N2CCCCCC2)c1)c1ccc2c(c1)CCCC2. The molecule has 2 aliphatic rings. The van der Waals surface area contributed by atoms with Crippen molar-refractivity contribution in [1.82, 2.24) is 9.62 Å². The molecule has 0 saturated carbocycles. The first kappa shape index (κ1) is 25.3. The fourth-order valence-corrected chi connectivity index (χ4v) is 6.98. The van der Waals surface area contributed by atoms with E-state index in [4.69, 9.17) is 0 Å². The van der Waals surface area contributed by atoms with Gasteiger partial charge in [0.1, 0.15) is 0 Å². The van der Waals surface area contributed by atoms with Crippen molar-refractivity contribution < 1.29 is 13.2 Å². The van der Waals surface area contributed by atoms with Crippen molar-refractivity contribution in [2.45, 2.75) is 80.5 Å². The van der Waals surface area contributed by atoms with Crippen LogP contribution in [-0.4, -0.2) is 38.6 Å². The molecule has 0 aromatic heterocycles. The highest BCUT2D eigenvalue weighted by Crippen LogP contribution is 2.29. The summed E-state index contributed by atoms with van der Waals surface area (Å²) in [6.45, 7) is 3.47. The van der Waals surface area contributed by atoms with Gasteiger partial charge in [0.05, 0.1) is 10.5 Å². The van der Waals surface area contributed by atoms with Crippen LogP contribution in [0.15, 0.2) is 46.2 Å². The van der Waals surface area contributed by atoms with Crippen LogP contribution in [0, 0.1) is 0 Å². The number of hydrogen-bond acceptors (Lipinski definition) is 4. The Hall–Kier alpha value is -1.83. The lowest BCUT2D eigenvalue weighted by molar-refractivity contribution is 0.0758. The summed E-state index contributed by atoms with van der Waals surface area (Å²) in [5.41, 5.74) is 4.22. The fourth-order valence-electron chi connectivity index (χ4n) is 5.08. The summed E-state index contributed by atoms with van der Waals surface area (Å²) in [6, 6.07) is 11.0. The van der Waals surface area contributed by atoms with Crippen LogP contribution in [0.4, 0.5) is 0 Å². The smallest absolute Gasteiger partial charge is 0.255 e. The van der Waals surface area contributed by atoms with Crippen LogP contribution < -0.4 is 4.72 Å². The van der Waals surface area contributed by atoms with Crippen molar-refractivity contribution in [3.63, 3.8) is 0 Å². The molecule has 0 radical (unpaired) electrons. The first-order chi connectivity index (χ1) is 16.4. The van der Waals surface area contributed by atoms with Crippen LogP contribution in [0.5, 0.6) is 0 Å². The highest BCUT2D eigenvalue weighted by atomic mass is 32.2. The van der Waals surface area contributed by atoms with E-state index < -0.39 is 10.0 Å². The molecule has 1 unspecified atom stereocenters. The second kappa shape index (κ2) is 11.3. The molecule has 1 fully saturated rings. The van der Waals surface area contributed by atoms with E-state index in [-0.39, 0.29) is 16.8 Å². The molecule has 184 valence electrons. The van der Waals surface area contributed by atoms with Gasteiger partial charge in [0.25, 0.3) is 5.91 Å². The third-order valence-corrected chi connectivity index (χ3v) is 9.35. The zero-order valence-corrected chi connectivity index (χ0v) is 21.9. The topological polar surface area (TPSA) is 66.5 Å². The van der Waals surface area contributed by atoms with Gasteiger partial charge in [-0.3, -0.25) is 4.79 Å². The number of thioether (sulfide) groups is 1. The number of nitrogens with one attached hydrogen (secondary N) is 1. The molecule has 1 amide bonds. The van der Waals surface area contributed by atoms with Gasteiger partial charge in [-0.25, -0.2) is 13.1 Å². The molecule has 34 heavy (non-hydrogen) atoms. The molecule has 2 aromatic rings. The average molecular weight is 501 g/mol. The van der Waals surface area contributed by atoms with Gasteiger partial charge >= 0.3 is 0 Å². The van der Waals surface area contributed by atoms with Gasteiger partial charge in [-0.15, -0.1) is 11.8 Å². The fraction of sp³-hybridized carbons (Fsp3) is 0.519. The van der Waals surface area contributed by atoms with E-state index in [2.05, 4.69) is 22.9 Å². The summed E-state index contributed by atoms with van der Waals surface area (Å²) in [5.74, 6) is -0.0648. The first-order valence-corrected chi connectivity index (χ1v) is 15.2. The molecule has 0 bridgehead atoms. The molecule has 4 rings (SSSR count). The van der Waals surface area contributed by atoms with Gasteiger partial charge in [0.15, 0.2) is 0 Å². The predicted molar refractivity (Wildman–Crippen MR) is 139 cm³/mol. The Bertz CT molecular complexity index is 1120. The van der Waals surface area contributed by atoms with Crippen LogP contribution >= 0.6 is 11.8 Å². The number of sulfonamides is 1. The number of benzene rings is 2. The van der Waals surface area contributed by atoms with Crippen LogP contribution in [0.25, 0.3) is 0 Å². The van der Waals surface area contributed by atoms with Crippen molar-refractivity contribution in [3.05, 3.63) is 58.7 Å². The third-order valence-electron chi connectivity index (χ3n) is 7.09. The van der Waals surface area contributed by atoms with E-state index in [1.807, 2.05) is 18.1 Å². The molecule has 1 aliphatic carbocycles. The number of aryl methyl sites for hydroxylation is 2. The minimum absolute atomic E-state index is 0.0648. The molecule has 1 N–H and O–H groups in total. The van der Waals surface area contributed by atoms with Crippen LogP contribution in [0.1, 0.15) is 85.0 Å². The Labute approximate surface area is 208 Å². The number of amides is 1. The number of fused-ring (bicyclic) bond motifs is 1. The monoisotopic (exact) mass is 500 g/mol. The van der Waals surface area contributed by atoms with Crippen LogP contribution in [0.3, 0.4) is 0 Å². The maximum atomic E-state index is 13.4. The second-order valence-corrected chi connectivity index (χ2v) is 11.9.